The van der Waals surface area contributed by atoms with E-state index >= 15 is 0 Å². The van der Waals surface area contributed by atoms with Crippen LogP contribution in [0.2, 0.25) is 0 Å². The van der Waals surface area contributed by atoms with E-state index in [-0.39, 0.29) is 18.1 Å². The van der Waals surface area contributed by atoms with E-state index in [0.29, 0.717) is 23.5 Å². The Morgan fingerprint density at radius 2 is 2.15 bits per heavy atom. The van der Waals surface area contributed by atoms with Gasteiger partial charge in [-0.15, -0.1) is 0 Å². The Morgan fingerprint density at radius 3 is 2.81 bits per heavy atom. The molecular weight excluding hydrogens is 339 g/mol. The maximum Gasteiger partial charge on any atom is 0.295 e. The number of fused-ring (bicyclic) bond motifs is 1. The molecule has 0 aliphatic carbocycles. The molecule has 0 spiro atoms. The first-order valence-electron chi connectivity index (χ1n) is 8.21. The number of nitrogens with zero attached hydrogens (tertiary/aromatic N) is 3. The van der Waals surface area contributed by atoms with Gasteiger partial charge in [-0.3, -0.25) is 14.5 Å². The van der Waals surface area contributed by atoms with E-state index in [4.69, 9.17) is 5.73 Å². The van der Waals surface area contributed by atoms with Crippen LogP contribution in [0.25, 0.3) is 0 Å². The summed E-state index contributed by atoms with van der Waals surface area (Å²) in [5.41, 5.74) is 6.80. The highest BCUT2D eigenvalue weighted by atomic mass is 19.1. The standard InChI is InChI=1S/C18H19FN4O3/c1-10-21-6-5-16(17(20)25)22(10)9-13-7-12-8-14(19)3-4-15(12)23(11(2)24)18(13)26/h3-6,8,13,18,26H,7,9H2,1-2H3,(H-,20,25)/p+1. The number of aryl methyl sites for hydroxylation is 1. The zero-order valence-corrected chi connectivity index (χ0v) is 14.5. The van der Waals surface area contributed by atoms with Crippen LogP contribution in [-0.2, 0) is 17.8 Å². The molecule has 2 aromatic rings. The summed E-state index contributed by atoms with van der Waals surface area (Å²) in [6, 6.07) is 5.61. The molecule has 1 aliphatic rings. The van der Waals surface area contributed by atoms with Gasteiger partial charge >= 0.3 is 0 Å². The molecule has 7 nitrogen and oxygen atoms in total. The maximum atomic E-state index is 13.7. The van der Waals surface area contributed by atoms with Crippen molar-refractivity contribution in [1.82, 2.24) is 4.98 Å². The highest BCUT2D eigenvalue weighted by Crippen LogP contribution is 2.34. The maximum absolute atomic E-state index is 13.7. The largest absolute Gasteiger partial charge is 0.373 e. The van der Waals surface area contributed by atoms with E-state index in [1.54, 1.807) is 11.5 Å². The molecule has 3 rings (SSSR count). The Bertz CT molecular complexity index is 887. The number of hydrogen-bond acceptors (Lipinski definition) is 4. The summed E-state index contributed by atoms with van der Waals surface area (Å²) in [5, 5.41) is 10.8. The van der Waals surface area contributed by atoms with Gasteiger partial charge in [0.15, 0.2) is 5.69 Å². The highest BCUT2D eigenvalue weighted by molar-refractivity contribution is 5.93. The minimum absolute atomic E-state index is 0.207. The second-order valence-corrected chi connectivity index (χ2v) is 6.39. The first kappa shape index (κ1) is 17.9. The molecule has 0 fully saturated rings. The second-order valence-electron chi connectivity index (χ2n) is 6.39. The van der Waals surface area contributed by atoms with Crippen molar-refractivity contribution >= 4 is 17.5 Å². The Balaban J connectivity index is 2.02. The Hall–Kier alpha value is -2.87. The number of aliphatic hydroxyl groups excluding tert-OH is 1. The summed E-state index contributed by atoms with van der Waals surface area (Å²) in [7, 11) is 0. The van der Waals surface area contributed by atoms with Crippen molar-refractivity contribution in [2.75, 3.05) is 4.90 Å². The van der Waals surface area contributed by atoms with Crippen LogP contribution in [0.3, 0.4) is 0 Å². The average Bonchev–Trinajstić information content (AvgIpc) is 2.56. The van der Waals surface area contributed by atoms with Crippen molar-refractivity contribution in [3.8, 4) is 0 Å². The van der Waals surface area contributed by atoms with Gasteiger partial charge in [0.25, 0.3) is 11.7 Å². The molecule has 8 heteroatoms. The fraction of sp³-hybridized carbons (Fsp3) is 0.333. The zero-order valence-electron chi connectivity index (χ0n) is 14.5. The van der Waals surface area contributed by atoms with Gasteiger partial charge < -0.3 is 10.8 Å². The van der Waals surface area contributed by atoms with Gasteiger partial charge in [0.05, 0.1) is 6.54 Å². The molecule has 1 aromatic heterocycles. The van der Waals surface area contributed by atoms with E-state index in [2.05, 4.69) is 4.98 Å². The third-order valence-corrected chi connectivity index (χ3v) is 4.65. The summed E-state index contributed by atoms with van der Waals surface area (Å²) in [5.74, 6) is -1.29. The van der Waals surface area contributed by atoms with Gasteiger partial charge in [0.1, 0.15) is 18.2 Å². The minimum Gasteiger partial charge on any atom is -0.373 e. The summed E-state index contributed by atoms with van der Waals surface area (Å²) in [6.45, 7) is 3.27. The molecule has 1 aliphatic heterocycles. The smallest absolute Gasteiger partial charge is 0.295 e. The van der Waals surface area contributed by atoms with Crippen molar-refractivity contribution in [1.29, 1.82) is 0 Å². The third-order valence-electron chi connectivity index (χ3n) is 4.65. The van der Waals surface area contributed by atoms with Crippen LogP contribution < -0.4 is 15.2 Å². The molecular formula is C18H20FN4O3+. The Kier molecular flexibility index (Phi) is 4.69. The zero-order chi connectivity index (χ0) is 19.0. The van der Waals surface area contributed by atoms with Crippen LogP contribution in [0.1, 0.15) is 28.8 Å². The number of hydrogen-bond donors (Lipinski definition) is 2. The van der Waals surface area contributed by atoms with E-state index in [1.807, 2.05) is 0 Å². The van der Waals surface area contributed by atoms with Crippen molar-refractivity contribution in [2.45, 2.75) is 33.0 Å². The SMILES string of the molecule is CC(=O)N1c2ccc(F)cc2CC(C[n+]2c(C(N)=O)ccnc2C)C1O. The minimum atomic E-state index is -1.11. The summed E-state index contributed by atoms with van der Waals surface area (Å²) >= 11 is 0. The van der Waals surface area contributed by atoms with Crippen molar-refractivity contribution in [2.24, 2.45) is 11.7 Å². The van der Waals surface area contributed by atoms with Crippen molar-refractivity contribution < 1.29 is 23.7 Å². The predicted octanol–water partition coefficient (Wildman–Crippen LogP) is 0.459. The molecule has 0 saturated carbocycles. The second kappa shape index (κ2) is 6.80. The molecule has 2 amide bonds. The average molecular weight is 359 g/mol. The highest BCUT2D eigenvalue weighted by Gasteiger charge is 2.37. The monoisotopic (exact) mass is 359 g/mol. The lowest BCUT2D eigenvalue weighted by Crippen LogP contribution is -2.55. The van der Waals surface area contributed by atoms with Crippen LogP contribution in [0.5, 0.6) is 0 Å². The van der Waals surface area contributed by atoms with Crippen LogP contribution in [0.15, 0.2) is 30.5 Å². The van der Waals surface area contributed by atoms with Crippen LogP contribution in [0.4, 0.5) is 10.1 Å². The number of carbonyl (C=O) groups is 2. The van der Waals surface area contributed by atoms with Crippen molar-refractivity contribution in [3.63, 3.8) is 0 Å². The van der Waals surface area contributed by atoms with E-state index in [0.717, 1.165) is 0 Å². The van der Waals surface area contributed by atoms with Crippen LogP contribution >= 0.6 is 0 Å². The summed E-state index contributed by atoms with van der Waals surface area (Å²) < 4.78 is 15.3. The van der Waals surface area contributed by atoms with E-state index < -0.39 is 23.9 Å². The quantitative estimate of drug-likeness (QED) is 0.778. The lowest BCUT2D eigenvalue weighted by molar-refractivity contribution is -0.714. The van der Waals surface area contributed by atoms with Gasteiger partial charge in [-0.1, -0.05) is 4.98 Å². The van der Waals surface area contributed by atoms with Crippen molar-refractivity contribution in [3.05, 3.63) is 53.4 Å². The Labute approximate surface area is 149 Å². The lowest BCUT2D eigenvalue weighted by atomic mass is 9.90. The first-order chi connectivity index (χ1) is 12.3. The molecule has 26 heavy (non-hydrogen) atoms. The third kappa shape index (κ3) is 3.15. The molecule has 136 valence electrons. The van der Waals surface area contributed by atoms with Gasteiger partial charge in [0, 0.05) is 31.5 Å². The lowest BCUT2D eigenvalue weighted by Gasteiger charge is -2.38. The van der Waals surface area contributed by atoms with E-state index in [9.17, 15) is 19.1 Å². The van der Waals surface area contributed by atoms with Gasteiger partial charge in [0.2, 0.25) is 5.91 Å². The van der Waals surface area contributed by atoms with Crippen LogP contribution in [-0.4, -0.2) is 28.1 Å². The van der Waals surface area contributed by atoms with Gasteiger partial charge in [-0.2, -0.15) is 0 Å². The molecule has 0 radical (unpaired) electrons. The number of anilines is 1. The molecule has 2 atom stereocenters. The topological polar surface area (TPSA) is 100 Å². The van der Waals surface area contributed by atoms with E-state index in [1.165, 1.54) is 42.3 Å². The normalized spacial score (nSPS) is 19.2. The number of carbonyl (C=O) groups excluding carboxylic acids is 2. The molecule has 2 heterocycles. The number of nitrogens with two attached hydrogens (primary N) is 1. The molecule has 3 N–H and O–H groups in total. The first-order valence-corrected chi connectivity index (χ1v) is 8.21. The van der Waals surface area contributed by atoms with Gasteiger partial charge in [-0.25, -0.2) is 8.96 Å². The fourth-order valence-electron chi connectivity index (χ4n) is 3.44. The summed E-state index contributed by atoms with van der Waals surface area (Å²) in [4.78, 5) is 29.2. The fourth-order valence-corrected chi connectivity index (χ4v) is 3.44. The number of amides is 2. The number of rotatable bonds is 3. The number of halogens is 1. The number of aromatic nitrogens is 2. The van der Waals surface area contributed by atoms with Gasteiger partial charge in [-0.05, 0) is 30.2 Å². The molecule has 0 saturated heterocycles. The molecule has 2 unspecified atom stereocenters. The summed E-state index contributed by atoms with van der Waals surface area (Å²) in [6.07, 6.45) is 0.714. The predicted molar refractivity (Wildman–Crippen MR) is 90.4 cm³/mol. The Morgan fingerprint density at radius 1 is 1.42 bits per heavy atom. The number of primary amides is 1. The molecule has 0 bridgehead atoms. The van der Waals surface area contributed by atoms with Crippen LogP contribution in [0, 0.1) is 18.7 Å². The number of benzene rings is 1. The molecule has 1 aromatic carbocycles. The number of aliphatic hydroxyl groups is 1.